The van der Waals surface area contributed by atoms with E-state index in [0.717, 1.165) is 24.3 Å². The highest BCUT2D eigenvalue weighted by Gasteiger charge is 2.71. The van der Waals surface area contributed by atoms with E-state index in [1.165, 1.54) is 6.07 Å². The summed E-state index contributed by atoms with van der Waals surface area (Å²) in [6.07, 6.45) is -11.6. The Labute approximate surface area is 136 Å². The zero-order chi connectivity index (χ0) is 19.0. The Morgan fingerprint density at radius 1 is 0.840 bits per heavy atom. The molecule has 0 atom stereocenters. The fraction of sp³-hybridized carbons (Fsp3) is 0.188. The van der Waals surface area contributed by atoms with Crippen molar-refractivity contribution in [3.63, 3.8) is 0 Å². The molecular weight excluding hydrogens is 357 g/mol. The molecule has 0 amide bonds. The van der Waals surface area contributed by atoms with E-state index < -0.39 is 29.3 Å². The van der Waals surface area contributed by atoms with Crippen molar-refractivity contribution in [1.29, 1.82) is 0 Å². The van der Waals surface area contributed by atoms with Gasteiger partial charge in [-0.15, -0.1) is 0 Å². The fourth-order valence-corrected chi connectivity index (χ4v) is 2.22. The van der Waals surface area contributed by atoms with Gasteiger partial charge in [0.15, 0.2) is 0 Å². The Balaban J connectivity index is 2.51. The van der Waals surface area contributed by atoms with Crippen LogP contribution in [0.15, 0.2) is 42.5 Å². The first kappa shape index (κ1) is 18.9. The molecule has 0 heterocycles. The van der Waals surface area contributed by atoms with Gasteiger partial charge in [-0.2, -0.15) is 26.3 Å². The highest BCUT2D eigenvalue weighted by Crippen LogP contribution is 2.50. The topological polar surface area (TPSA) is 37.3 Å². The molecule has 25 heavy (non-hydrogen) atoms. The summed E-state index contributed by atoms with van der Waals surface area (Å²) < 4.78 is 90.6. The van der Waals surface area contributed by atoms with Crippen molar-refractivity contribution in [1.82, 2.24) is 0 Å². The summed E-state index contributed by atoms with van der Waals surface area (Å²) in [5.74, 6) is -0.876. The van der Waals surface area contributed by atoms with E-state index in [2.05, 4.69) is 0 Å². The number of aldehydes is 1. The zero-order valence-corrected chi connectivity index (χ0v) is 12.1. The van der Waals surface area contributed by atoms with Crippen molar-refractivity contribution < 1.29 is 40.6 Å². The van der Waals surface area contributed by atoms with Crippen molar-refractivity contribution in [2.75, 3.05) is 0 Å². The monoisotopic (exact) mass is 366 g/mol. The molecule has 0 fully saturated rings. The summed E-state index contributed by atoms with van der Waals surface area (Å²) in [6.45, 7) is 0. The van der Waals surface area contributed by atoms with Crippen LogP contribution in [0.3, 0.4) is 0 Å². The van der Waals surface area contributed by atoms with Gasteiger partial charge in [0.05, 0.1) is 0 Å². The molecule has 0 unspecified atom stereocenters. The Morgan fingerprint density at radius 2 is 1.36 bits per heavy atom. The summed E-state index contributed by atoms with van der Waals surface area (Å²) in [5.41, 5.74) is -6.62. The lowest BCUT2D eigenvalue weighted by Gasteiger charge is -2.32. The lowest BCUT2D eigenvalue weighted by molar-refractivity contribution is -0.376. The molecule has 0 radical (unpaired) electrons. The second-order valence-corrected chi connectivity index (χ2v) is 5.14. The van der Waals surface area contributed by atoms with Crippen molar-refractivity contribution in [3.05, 3.63) is 59.4 Å². The van der Waals surface area contributed by atoms with Crippen LogP contribution in [0.1, 0.15) is 15.9 Å². The first-order valence-electron chi connectivity index (χ1n) is 6.63. The van der Waals surface area contributed by atoms with Gasteiger partial charge in [-0.25, -0.2) is 4.39 Å². The minimum Gasteiger partial charge on any atom is -0.369 e. The molecule has 134 valence electrons. The molecule has 0 saturated heterocycles. The lowest BCUT2D eigenvalue weighted by Crippen LogP contribution is -2.53. The zero-order valence-electron chi connectivity index (χ0n) is 12.1. The maximum absolute atomic E-state index is 13.9. The largest absolute Gasteiger partial charge is 0.430 e. The maximum atomic E-state index is 13.9. The van der Waals surface area contributed by atoms with E-state index in [-0.39, 0.29) is 16.7 Å². The van der Waals surface area contributed by atoms with Gasteiger partial charge in [-0.1, -0.05) is 36.4 Å². The van der Waals surface area contributed by atoms with E-state index in [1.54, 1.807) is 0 Å². The lowest BCUT2D eigenvalue weighted by atomic mass is 9.90. The van der Waals surface area contributed by atoms with Crippen LogP contribution >= 0.6 is 0 Å². The second kappa shape index (κ2) is 6.14. The molecule has 9 heteroatoms. The van der Waals surface area contributed by atoms with Crippen LogP contribution in [0, 0.1) is 5.82 Å². The molecule has 0 saturated carbocycles. The number of benzene rings is 2. The predicted molar refractivity (Wildman–Crippen MR) is 73.2 cm³/mol. The summed E-state index contributed by atoms with van der Waals surface area (Å²) in [7, 11) is 0. The van der Waals surface area contributed by atoms with Crippen LogP contribution in [-0.2, 0) is 5.60 Å². The van der Waals surface area contributed by atoms with E-state index in [9.17, 15) is 40.6 Å². The van der Waals surface area contributed by atoms with Crippen molar-refractivity contribution >= 4 is 6.29 Å². The molecule has 0 aromatic heterocycles. The number of carbonyl (C=O) groups is 1. The number of carbonyl (C=O) groups excluding carboxylic acids is 1. The minimum atomic E-state index is -6.00. The third kappa shape index (κ3) is 3.23. The van der Waals surface area contributed by atoms with Gasteiger partial charge >= 0.3 is 12.4 Å². The molecular formula is C16H9F7O2. The van der Waals surface area contributed by atoms with Gasteiger partial charge in [0, 0.05) is 16.7 Å². The highest BCUT2D eigenvalue weighted by molar-refractivity contribution is 5.77. The quantitative estimate of drug-likeness (QED) is 0.636. The fourth-order valence-electron chi connectivity index (χ4n) is 2.22. The number of alkyl halides is 6. The van der Waals surface area contributed by atoms with Gasteiger partial charge in [0.2, 0.25) is 0 Å². The molecule has 0 spiro atoms. The van der Waals surface area contributed by atoms with Crippen LogP contribution in [0.5, 0.6) is 0 Å². The standard InChI is InChI=1S/C16H9F7O2/c17-13-7-9(8-24)1-6-12(13)10-2-4-11(5-3-10)14(25,15(18,19)20)16(21,22)23/h1-8,25H. The summed E-state index contributed by atoms with van der Waals surface area (Å²) >= 11 is 0. The Kier molecular flexibility index (Phi) is 4.65. The number of aliphatic hydroxyl groups is 1. The second-order valence-electron chi connectivity index (χ2n) is 5.14. The normalized spacial score (nSPS) is 13.0. The third-order valence-electron chi connectivity index (χ3n) is 3.56. The molecule has 0 aliphatic rings. The van der Waals surface area contributed by atoms with Gasteiger partial charge in [0.1, 0.15) is 12.1 Å². The van der Waals surface area contributed by atoms with E-state index in [0.29, 0.717) is 18.4 Å². The number of hydrogen-bond donors (Lipinski definition) is 1. The van der Waals surface area contributed by atoms with Gasteiger partial charge in [0.25, 0.3) is 5.60 Å². The van der Waals surface area contributed by atoms with E-state index in [1.807, 2.05) is 0 Å². The third-order valence-corrected chi connectivity index (χ3v) is 3.56. The smallest absolute Gasteiger partial charge is 0.369 e. The average molecular weight is 366 g/mol. The van der Waals surface area contributed by atoms with Crippen LogP contribution in [0.4, 0.5) is 30.7 Å². The Bertz CT molecular complexity index is 763. The molecule has 2 nitrogen and oxygen atoms in total. The Morgan fingerprint density at radius 3 is 1.76 bits per heavy atom. The highest BCUT2D eigenvalue weighted by atomic mass is 19.4. The molecule has 1 N–H and O–H groups in total. The van der Waals surface area contributed by atoms with Crippen LogP contribution in [0.25, 0.3) is 11.1 Å². The summed E-state index contributed by atoms with van der Waals surface area (Å²) in [6, 6.07) is 5.74. The van der Waals surface area contributed by atoms with Crippen LogP contribution in [-0.4, -0.2) is 23.7 Å². The maximum Gasteiger partial charge on any atom is 0.430 e. The number of rotatable bonds is 3. The summed E-state index contributed by atoms with van der Waals surface area (Å²) in [5, 5.41) is 9.28. The van der Waals surface area contributed by atoms with Gasteiger partial charge < -0.3 is 5.11 Å². The molecule has 2 aromatic rings. The van der Waals surface area contributed by atoms with Crippen LogP contribution < -0.4 is 0 Å². The molecule has 2 aromatic carbocycles. The summed E-state index contributed by atoms with van der Waals surface area (Å²) in [4.78, 5) is 10.5. The van der Waals surface area contributed by atoms with E-state index >= 15 is 0 Å². The number of hydrogen-bond acceptors (Lipinski definition) is 2. The predicted octanol–water partition coefficient (Wildman–Crippen LogP) is 4.62. The first-order chi connectivity index (χ1) is 11.4. The van der Waals surface area contributed by atoms with Crippen molar-refractivity contribution in [2.45, 2.75) is 18.0 Å². The SMILES string of the molecule is O=Cc1ccc(-c2ccc(C(O)(C(F)(F)F)C(F)(F)F)cc2)c(F)c1. The number of halogens is 7. The van der Waals surface area contributed by atoms with Crippen molar-refractivity contribution in [3.8, 4) is 11.1 Å². The van der Waals surface area contributed by atoms with Gasteiger partial charge in [-0.3, -0.25) is 4.79 Å². The molecule has 0 bridgehead atoms. The minimum absolute atomic E-state index is 0.0152. The molecule has 2 rings (SSSR count). The van der Waals surface area contributed by atoms with Crippen molar-refractivity contribution in [2.24, 2.45) is 0 Å². The van der Waals surface area contributed by atoms with Gasteiger partial charge in [-0.05, 0) is 11.6 Å². The average Bonchev–Trinajstić information content (AvgIpc) is 2.52. The van der Waals surface area contributed by atoms with E-state index in [4.69, 9.17) is 0 Å². The van der Waals surface area contributed by atoms with Crippen LogP contribution in [0.2, 0.25) is 0 Å². The first-order valence-corrected chi connectivity index (χ1v) is 6.63. The Hall–Kier alpha value is -2.42. The molecule has 0 aliphatic carbocycles. The molecule has 0 aliphatic heterocycles.